The average molecular weight is 1140 g/mol. The number of unbranched alkanes of at least 4 members (excludes halogenated alkanes) is 2. The molecule has 1 saturated heterocycles. The van der Waals surface area contributed by atoms with E-state index in [1.807, 2.05) is 6.92 Å². The number of ketones is 1. The smallest absolute Gasteiger partial charge is 0.333 e. The number of ether oxygens (including phenoxy) is 4. The van der Waals surface area contributed by atoms with Crippen molar-refractivity contribution in [3.63, 3.8) is 0 Å². The van der Waals surface area contributed by atoms with Gasteiger partial charge >= 0.3 is 25.5 Å². The van der Waals surface area contributed by atoms with Crippen molar-refractivity contribution in [3.05, 3.63) is 48.2 Å². The van der Waals surface area contributed by atoms with Crippen LogP contribution in [0.25, 0.3) is 0 Å². The summed E-state index contributed by atoms with van der Waals surface area (Å²) in [6, 6.07) is 0.127. The first-order valence-electron chi connectivity index (χ1n) is 26.8. The lowest BCUT2D eigenvalue weighted by Gasteiger charge is -2.39. The number of carbonyl (C=O) groups is 10. The topological polar surface area (TPSA) is 300 Å². The van der Waals surface area contributed by atoms with Crippen molar-refractivity contribution in [1.29, 1.82) is 0 Å². The van der Waals surface area contributed by atoms with E-state index in [4.69, 9.17) is 23.5 Å². The van der Waals surface area contributed by atoms with Gasteiger partial charge in [-0.05, 0) is 50.5 Å². The number of hydrogen-bond acceptors (Lipinski definition) is 16. The minimum Gasteiger partial charge on any atom is -0.459 e. The first-order valence-corrected chi connectivity index (χ1v) is 28.6. The van der Waals surface area contributed by atoms with E-state index in [1.54, 1.807) is 78.8 Å². The summed E-state index contributed by atoms with van der Waals surface area (Å²) in [4.78, 5) is 156. The van der Waals surface area contributed by atoms with E-state index >= 15 is 4.79 Å². The molecule has 24 heteroatoms. The van der Waals surface area contributed by atoms with Crippen LogP contribution in [0.3, 0.4) is 0 Å². The molecule has 0 bridgehead atoms. The van der Waals surface area contributed by atoms with Gasteiger partial charge in [-0.3, -0.25) is 42.9 Å². The Kier molecular flexibility index (Phi) is 27.7. The molecule has 0 radical (unpaired) electrons. The minimum absolute atomic E-state index is 0.0241. The summed E-state index contributed by atoms with van der Waals surface area (Å²) in [5.41, 5.74) is 0.0371. The zero-order valence-corrected chi connectivity index (χ0v) is 49.8. The molecule has 1 aromatic carbocycles. The largest absolute Gasteiger partial charge is 0.459 e. The first kappa shape index (κ1) is 69.1. The first-order chi connectivity index (χ1) is 36.8. The molecule has 1 aliphatic heterocycles. The van der Waals surface area contributed by atoms with Crippen molar-refractivity contribution in [2.75, 3.05) is 34.4 Å². The quantitative estimate of drug-likeness (QED) is 0.0447. The van der Waals surface area contributed by atoms with Gasteiger partial charge in [0.2, 0.25) is 23.6 Å². The van der Waals surface area contributed by atoms with Gasteiger partial charge in [0.15, 0.2) is 18.2 Å². The fourth-order valence-electron chi connectivity index (χ4n) is 8.73. The van der Waals surface area contributed by atoms with E-state index in [2.05, 4.69) is 22.5 Å². The lowest BCUT2D eigenvalue weighted by Crippen LogP contribution is -2.63. The number of esters is 3. The van der Waals surface area contributed by atoms with Crippen molar-refractivity contribution >= 4 is 66.7 Å². The number of Topliss-reactive ketones (excluding diaryl/α,β-unsaturated/α-hetero) is 1. The number of cyclic esters (lactones) is 2. The molecule has 0 saturated carbocycles. The molecule has 0 aliphatic carbocycles. The molecule has 12 atom stereocenters. The van der Waals surface area contributed by atoms with Crippen LogP contribution < -0.4 is 16.0 Å². The number of amides is 6. The van der Waals surface area contributed by atoms with Gasteiger partial charge in [-0.2, -0.15) is 0 Å². The fourth-order valence-corrected chi connectivity index (χ4v) is 10.2. The lowest BCUT2D eigenvalue weighted by molar-refractivity contribution is -0.177. The van der Waals surface area contributed by atoms with Gasteiger partial charge in [-0.1, -0.05) is 105 Å². The predicted molar refractivity (Wildman–Crippen MR) is 291 cm³/mol. The SMILES string of the molecule is C=C1C(=O)N[C@@H](C)C(=O)N(C)[C@@H](C)C(=O)N[C@@H]([C@H](OC(=O)[C@@H](CC(=O)CC)[C@H](OP(=O)(O)CCCCC)C(C)C)C(C)C)C(=O)N(C)[C@@H]([C@@H](C)OC)C(=O)O[C@H](C(C)C)[C@H](NC(C)=O)C(=O)O[C@H](Cc2ccccc2)C(=O)N1C. The second-order valence-electron chi connectivity index (χ2n) is 21.2. The Morgan fingerprint density at radius 2 is 1.44 bits per heavy atom. The molecule has 1 fully saturated rings. The monoisotopic (exact) mass is 1130 g/mol. The normalized spacial score (nSPS) is 24.3. The molecule has 1 heterocycles. The van der Waals surface area contributed by atoms with E-state index in [-0.39, 0.29) is 19.0 Å². The van der Waals surface area contributed by atoms with Gasteiger partial charge in [-0.15, -0.1) is 0 Å². The van der Waals surface area contributed by atoms with Crippen LogP contribution in [-0.4, -0.2) is 174 Å². The Labute approximate surface area is 465 Å². The van der Waals surface area contributed by atoms with Crippen LogP contribution in [0.1, 0.15) is 121 Å². The van der Waals surface area contributed by atoms with E-state index in [9.17, 15) is 52.6 Å². The molecule has 2 rings (SSSR count). The Bertz CT molecular complexity index is 2370. The Balaban J connectivity index is 3.01. The van der Waals surface area contributed by atoms with Crippen molar-refractivity contribution in [1.82, 2.24) is 30.7 Å². The highest BCUT2D eigenvalue weighted by Gasteiger charge is 2.48. The molecule has 1 aliphatic rings. The molecule has 4 N–H and O–H groups in total. The summed E-state index contributed by atoms with van der Waals surface area (Å²) in [5, 5.41) is 7.56. The number of benzene rings is 1. The van der Waals surface area contributed by atoms with Crippen molar-refractivity contribution in [2.45, 2.75) is 182 Å². The van der Waals surface area contributed by atoms with E-state index in [1.165, 1.54) is 49.0 Å². The van der Waals surface area contributed by atoms with Gasteiger partial charge in [0.1, 0.15) is 41.8 Å². The fraction of sp³-hybridized carbons (Fsp3) is 0.673. The maximum atomic E-state index is 15.4. The third-order valence-corrected chi connectivity index (χ3v) is 15.3. The second kappa shape index (κ2) is 31.7. The average Bonchev–Trinajstić information content (AvgIpc) is 3.38. The molecule has 0 aromatic heterocycles. The predicted octanol–water partition coefficient (Wildman–Crippen LogP) is 3.87. The summed E-state index contributed by atoms with van der Waals surface area (Å²) >= 11 is 0. The summed E-state index contributed by atoms with van der Waals surface area (Å²) < 4.78 is 43.1. The van der Waals surface area contributed by atoms with Crippen molar-refractivity contribution in [3.8, 4) is 0 Å². The molecule has 0 spiro atoms. The van der Waals surface area contributed by atoms with Gasteiger partial charge < -0.3 is 59.0 Å². The zero-order chi connectivity index (χ0) is 60.4. The Morgan fingerprint density at radius 1 is 0.835 bits per heavy atom. The Hall–Kier alpha value is -6.03. The van der Waals surface area contributed by atoms with Crippen LogP contribution in [0, 0.1) is 23.7 Å². The van der Waals surface area contributed by atoms with Crippen LogP contribution in [0.4, 0.5) is 0 Å². The second-order valence-corrected chi connectivity index (χ2v) is 23.1. The number of likely N-dealkylation sites (N-methyl/N-ethyl adjacent to an activating group) is 3. The Morgan fingerprint density at radius 3 is 1.96 bits per heavy atom. The summed E-state index contributed by atoms with van der Waals surface area (Å²) in [7, 11) is 0.511. The van der Waals surface area contributed by atoms with E-state index < -0.39 is 163 Å². The third kappa shape index (κ3) is 19.9. The maximum absolute atomic E-state index is 15.4. The molecule has 23 nitrogen and oxygen atoms in total. The molecular formula is C55H87N6O17P. The van der Waals surface area contributed by atoms with Crippen LogP contribution >= 0.6 is 7.60 Å². The van der Waals surface area contributed by atoms with Crippen molar-refractivity contribution in [2.24, 2.45) is 23.7 Å². The highest BCUT2D eigenvalue weighted by atomic mass is 31.2. The van der Waals surface area contributed by atoms with Gasteiger partial charge in [0.05, 0.1) is 18.1 Å². The summed E-state index contributed by atoms with van der Waals surface area (Å²) in [5.74, 6) is -13.4. The standard InChI is InChI=1S/C55H87N6O17P/c1-18-20-24-27-79(72,73)78-45(30(3)4)40(29-39(63)19-2)53(69)76-46(31(5)6)42-52(68)61(16)44(36(12)74-17)55(71)77-47(32(7)8)43(57-37(13)62)54(70)75-41(28-38-25-22-21-23-26-38)51(67)60(15)34(10)48(64)56-33(9)50(66)59(14)35(11)49(65)58-42/h21-23,25-26,30-33,35-36,40-47H,10,18-20,24,27-29H2,1-9,11-17H3,(H,56,64)(H,57,62)(H,58,65)(H,72,73)/t33-,35-,36+,40-,41+,42-,43-,44-,45+,46+,47+/m0/s1. The number of methoxy groups -OCH3 is 1. The molecule has 1 unspecified atom stereocenters. The number of carbonyl (C=O) groups excluding carboxylic acids is 10. The van der Waals surface area contributed by atoms with E-state index in [0.717, 1.165) is 28.0 Å². The van der Waals surface area contributed by atoms with Crippen LogP contribution in [-0.2, 0) is 82.4 Å². The van der Waals surface area contributed by atoms with Crippen LogP contribution in [0.2, 0.25) is 0 Å². The highest BCUT2D eigenvalue weighted by Crippen LogP contribution is 2.47. The van der Waals surface area contributed by atoms with Gasteiger partial charge in [0.25, 0.3) is 11.8 Å². The van der Waals surface area contributed by atoms with E-state index in [0.29, 0.717) is 18.4 Å². The lowest BCUT2D eigenvalue weighted by atomic mass is 9.88. The third-order valence-electron chi connectivity index (χ3n) is 13.8. The number of hydrogen-bond donors (Lipinski definition) is 4. The molecule has 6 amide bonds. The van der Waals surface area contributed by atoms with Gasteiger partial charge in [0, 0.05) is 60.6 Å². The number of nitrogens with zero attached hydrogens (tertiary/aromatic N) is 3. The summed E-state index contributed by atoms with van der Waals surface area (Å²) in [6.07, 6.45) is -6.74. The highest BCUT2D eigenvalue weighted by molar-refractivity contribution is 7.52. The van der Waals surface area contributed by atoms with Crippen LogP contribution in [0.5, 0.6) is 0 Å². The molecule has 444 valence electrons. The minimum atomic E-state index is -4.35. The van der Waals surface area contributed by atoms with Gasteiger partial charge in [-0.25, -0.2) is 9.59 Å². The maximum Gasteiger partial charge on any atom is 0.333 e. The number of rotatable bonds is 21. The zero-order valence-electron chi connectivity index (χ0n) is 48.9. The molecule has 79 heavy (non-hydrogen) atoms. The molecular weight excluding hydrogens is 1050 g/mol. The number of nitrogens with one attached hydrogen (secondary N) is 3. The van der Waals surface area contributed by atoms with Crippen LogP contribution in [0.15, 0.2) is 42.6 Å². The summed E-state index contributed by atoms with van der Waals surface area (Å²) in [6.45, 7) is 21.9. The van der Waals surface area contributed by atoms with Crippen molar-refractivity contribution < 1.29 is 80.9 Å². The molecule has 1 aromatic rings.